The summed E-state index contributed by atoms with van der Waals surface area (Å²) < 4.78 is 4.61. The Balaban J connectivity index is 2.41. The topological polar surface area (TPSA) is 69.9 Å². The molecule has 3 atom stereocenters. The fraction of sp³-hybridized carbons (Fsp3) is 1.00. The molecular weight excluding hydrogens is 124 g/mol. The Bertz CT molecular complexity index is 85.0. The smallest absolute Gasteiger partial charge is 0.183 e. The lowest BCUT2D eigenvalue weighted by molar-refractivity contribution is -0.219. The summed E-state index contributed by atoms with van der Waals surface area (Å²) in [6.45, 7) is 0.305. The molecule has 1 aliphatic rings. The van der Waals surface area contributed by atoms with Crippen molar-refractivity contribution in [2.45, 2.75) is 24.9 Å². The maximum Gasteiger partial charge on any atom is 0.183 e. The minimum atomic E-state index is -1.21. The summed E-state index contributed by atoms with van der Waals surface area (Å²) in [4.78, 5) is 0. The molecule has 1 saturated heterocycles. The fourth-order valence-electron chi connectivity index (χ4n) is 0.769. The van der Waals surface area contributed by atoms with Crippen molar-refractivity contribution in [2.24, 2.45) is 0 Å². The van der Waals surface area contributed by atoms with Gasteiger partial charge in [-0.25, -0.2) is 0 Å². The van der Waals surface area contributed by atoms with E-state index >= 15 is 0 Å². The highest BCUT2D eigenvalue weighted by molar-refractivity contribution is 4.73. The first-order valence-corrected chi connectivity index (χ1v) is 2.87. The van der Waals surface area contributed by atoms with Crippen LogP contribution < -0.4 is 0 Å². The number of ether oxygens (including phenoxy) is 1. The molecule has 1 fully saturated rings. The first-order chi connectivity index (χ1) is 4.22. The molecule has 1 aliphatic heterocycles. The second kappa shape index (κ2) is 2.62. The van der Waals surface area contributed by atoms with Crippen LogP contribution in [-0.4, -0.2) is 40.4 Å². The average Bonchev–Trinajstić information content (AvgIpc) is 1.83. The minimum absolute atomic E-state index is 0.305. The number of hydrogen-bond donors (Lipinski definition) is 3. The van der Waals surface area contributed by atoms with Crippen molar-refractivity contribution in [2.75, 3.05) is 6.61 Å². The maximum absolute atomic E-state index is 8.86. The van der Waals surface area contributed by atoms with E-state index in [1.807, 2.05) is 0 Å². The summed E-state index contributed by atoms with van der Waals surface area (Å²) in [6, 6.07) is 0. The summed E-state index contributed by atoms with van der Waals surface area (Å²) >= 11 is 0. The van der Waals surface area contributed by atoms with Crippen LogP contribution in [0.4, 0.5) is 0 Å². The standard InChI is InChI=1S/C5H10O4/c6-3-1-2-9-5(8)4(3)7/h3-8H,1-2H2/t3-,4+,5+/m0/s1. The van der Waals surface area contributed by atoms with Crippen molar-refractivity contribution in [3.63, 3.8) is 0 Å². The van der Waals surface area contributed by atoms with Crippen LogP contribution in [0.5, 0.6) is 0 Å². The van der Waals surface area contributed by atoms with Crippen molar-refractivity contribution in [1.29, 1.82) is 0 Å². The van der Waals surface area contributed by atoms with Crippen molar-refractivity contribution in [3.05, 3.63) is 0 Å². The molecule has 0 aromatic carbocycles. The quantitative estimate of drug-likeness (QED) is 0.375. The summed E-state index contributed by atoms with van der Waals surface area (Å²) in [7, 11) is 0. The number of rotatable bonds is 0. The third-order valence-electron chi connectivity index (χ3n) is 1.39. The van der Waals surface area contributed by atoms with Gasteiger partial charge in [-0.3, -0.25) is 0 Å². The molecule has 4 heteroatoms. The van der Waals surface area contributed by atoms with Crippen molar-refractivity contribution in [1.82, 2.24) is 0 Å². The molecule has 1 rings (SSSR count). The van der Waals surface area contributed by atoms with Gasteiger partial charge in [0.05, 0.1) is 12.7 Å². The van der Waals surface area contributed by atoms with Crippen LogP contribution in [0, 0.1) is 0 Å². The van der Waals surface area contributed by atoms with Gasteiger partial charge in [-0.15, -0.1) is 0 Å². The molecule has 0 radical (unpaired) electrons. The van der Waals surface area contributed by atoms with E-state index in [2.05, 4.69) is 4.74 Å². The summed E-state index contributed by atoms with van der Waals surface area (Å²) in [6.07, 6.45) is -2.81. The Labute approximate surface area is 52.7 Å². The summed E-state index contributed by atoms with van der Waals surface area (Å²) in [5, 5.41) is 26.4. The number of aliphatic hydroxyl groups excluding tert-OH is 3. The lowest BCUT2D eigenvalue weighted by Crippen LogP contribution is -2.44. The van der Waals surface area contributed by atoms with Crippen LogP contribution in [0.1, 0.15) is 6.42 Å². The van der Waals surface area contributed by atoms with Crippen LogP contribution >= 0.6 is 0 Å². The monoisotopic (exact) mass is 134 g/mol. The van der Waals surface area contributed by atoms with Crippen molar-refractivity contribution >= 4 is 0 Å². The molecule has 0 spiro atoms. The van der Waals surface area contributed by atoms with E-state index in [0.29, 0.717) is 13.0 Å². The molecule has 0 saturated carbocycles. The molecule has 4 nitrogen and oxygen atoms in total. The Morgan fingerprint density at radius 2 is 1.89 bits per heavy atom. The van der Waals surface area contributed by atoms with Gasteiger partial charge in [0.25, 0.3) is 0 Å². The van der Waals surface area contributed by atoms with Crippen LogP contribution in [0.3, 0.4) is 0 Å². The van der Waals surface area contributed by atoms with Crippen LogP contribution in [0.15, 0.2) is 0 Å². The Morgan fingerprint density at radius 1 is 1.22 bits per heavy atom. The predicted octanol–water partition coefficient (Wildman–Crippen LogP) is -1.55. The minimum Gasteiger partial charge on any atom is -0.390 e. The molecule has 54 valence electrons. The van der Waals surface area contributed by atoms with Gasteiger partial charge in [0.1, 0.15) is 6.10 Å². The fourth-order valence-corrected chi connectivity index (χ4v) is 0.769. The molecule has 0 unspecified atom stereocenters. The lowest BCUT2D eigenvalue weighted by Gasteiger charge is -2.27. The van der Waals surface area contributed by atoms with Gasteiger partial charge >= 0.3 is 0 Å². The predicted molar refractivity (Wildman–Crippen MR) is 28.6 cm³/mol. The molecule has 3 N–H and O–H groups in total. The van der Waals surface area contributed by atoms with E-state index in [4.69, 9.17) is 15.3 Å². The third-order valence-corrected chi connectivity index (χ3v) is 1.39. The van der Waals surface area contributed by atoms with Gasteiger partial charge in [0, 0.05) is 0 Å². The highest BCUT2D eigenvalue weighted by Crippen LogP contribution is 2.11. The highest BCUT2D eigenvalue weighted by atomic mass is 16.6. The third kappa shape index (κ3) is 1.40. The van der Waals surface area contributed by atoms with Gasteiger partial charge in [-0.1, -0.05) is 0 Å². The molecule has 9 heavy (non-hydrogen) atoms. The van der Waals surface area contributed by atoms with Gasteiger partial charge in [-0.05, 0) is 6.42 Å². The van der Waals surface area contributed by atoms with Crippen LogP contribution in [0.2, 0.25) is 0 Å². The van der Waals surface area contributed by atoms with Crippen molar-refractivity contribution in [3.8, 4) is 0 Å². The largest absolute Gasteiger partial charge is 0.390 e. The van der Waals surface area contributed by atoms with Crippen molar-refractivity contribution < 1.29 is 20.1 Å². The Morgan fingerprint density at radius 3 is 2.33 bits per heavy atom. The van der Waals surface area contributed by atoms with Crippen LogP contribution in [-0.2, 0) is 4.74 Å². The molecule has 0 bridgehead atoms. The first-order valence-electron chi connectivity index (χ1n) is 2.87. The maximum atomic E-state index is 8.86. The molecule has 0 aliphatic carbocycles. The zero-order valence-corrected chi connectivity index (χ0v) is 4.90. The second-order valence-electron chi connectivity index (χ2n) is 2.11. The second-order valence-corrected chi connectivity index (χ2v) is 2.11. The van der Waals surface area contributed by atoms with Gasteiger partial charge in [-0.2, -0.15) is 0 Å². The number of aliphatic hydroxyl groups is 3. The molecular formula is C5H10O4. The summed E-state index contributed by atoms with van der Waals surface area (Å²) in [5.74, 6) is 0. The number of hydrogen-bond acceptors (Lipinski definition) is 4. The Hall–Kier alpha value is -0.160. The SMILES string of the molecule is O[C@H]1[C@H](O)OCC[C@@H]1O. The molecule has 0 aromatic rings. The van der Waals surface area contributed by atoms with E-state index in [1.54, 1.807) is 0 Å². The van der Waals surface area contributed by atoms with E-state index < -0.39 is 18.5 Å². The zero-order chi connectivity index (χ0) is 6.85. The lowest BCUT2D eigenvalue weighted by atomic mass is 10.1. The molecule has 1 heterocycles. The molecule has 0 amide bonds. The van der Waals surface area contributed by atoms with E-state index in [0.717, 1.165) is 0 Å². The van der Waals surface area contributed by atoms with E-state index in [1.165, 1.54) is 0 Å². The van der Waals surface area contributed by atoms with Gasteiger partial charge < -0.3 is 20.1 Å². The average molecular weight is 134 g/mol. The van der Waals surface area contributed by atoms with Gasteiger partial charge in [0.2, 0.25) is 0 Å². The highest BCUT2D eigenvalue weighted by Gasteiger charge is 2.29. The zero-order valence-electron chi connectivity index (χ0n) is 4.90. The first kappa shape index (κ1) is 6.95. The van der Waals surface area contributed by atoms with Crippen LogP contribution in [0.25, 0.3) is 0 Å². The summed E-state index contributed by atoms with van der Waals surface area (Å²) in [5.41, 5.74) is 0. The van der Waals surface area contributed by atoms with E-state index in [-0.39, 0.29) is 0 Å². The normalized spacial score (nSPS) is 45.0. The van der Waals surface area contributed by atoms with E-state index in [9.17, 15) is 0 Å². The Kier molecular flexibility index (Phi) is 2.02. The van der Waals surface area contributed by atoms with Gasteiger partial charge in [0.15, 0.2) is 6.29 Å². The molecule has 0 aromatic heterocycles.